The fraction of sp³-hybridized carbons (Fsp3) is 0.688. The van der Waals surface area contributed by atoms with Crippen molar-refractivity contribution < 1.29 is 9.53 Å². The molecule has 0 amide bonds. The molecule has 0 saturated carbocycles. The molecule has 0 radical (unpaired) electrons. The van der Waals surface area contributed by atoms with Crippen LogP contribution in [0.5, 0.6) is 0 Å². The molecular weight excluding hydrogens is 224 g/mol. The van der Waals surface area contributed by atoms with Gasteiger partial charge in [-0.3, -0.25) is 4.79 Å². The minimum Gasteiger partial charge on any atom is -0.461 e. The van der Waals surface area contributed by atoms with Crippen LogP contribution in [0.4, 0.5) is 0 Å². The third-order valence-electron chi connectivity index (χ3n) is 2.75. The van der Waals surface area contributed by atoms with E-state index in [-0.39, 0.29) is 5.97 Å². The maximum Gasteiger partial charge on any atom is 0.306 e. The molecule has 0 atom stereocenters. The first-order chi connectivity index (χ1) is 8.56. The van der Waals surface area contributed by atoms with Crippen LogP contribution < -0.4 is 0 Å². The normalized spacial score (nSPS) is 11.2. The summed E-state index contributed by atoms with van der Waals surface area (Å²) < 4.78 is 5.16. The summed E-state index contributed by atoms with van der Waals surface area (Å²) in [5, 5.41) is 0. The van der Waals surface area contributed by atoms with Crippen molar-refractivity contribution in [1.29, 1.82) is 0 Å². The molecule has 0 fully saturated rings. The SMILES string of the molecule is CCCCCC(=O)OCC=C(C)CCC=C(C)C. The second kappa shape index (κ2) is 11.1. The number of carbonyl (C=O) groups is 1. The van der Waals surface area contributed by atoms with Crippen molar-refractivity contribution in [2.45, 2.75) is 66.2 Å². The van der Waals surface area contributed by atoms with Gasteiger partial charge in [-0.25, -0.2) is 0 Å². The van der Waals surface area contributed by atoms with Crippen molar-refractivity contribution in [1.82, 2.24) is 0 Å². The Labute approximate surface area is 112 Å². The van der Waals surface area contributed by atoms with Gasteiger partial charge in [0.15, 0.2) is 0 Å². The third kappa shape index (κ3) is 11.4. The minimum absolute atomic E-state index is 0.0724. The van der Waals surface area contributed by atoms with Gasteiger partial charge in [0.1, 0.15) is 6.61 Å². The fourth-order valence-corrected chi connectivity index (χ4v) is 1.56. The Kier molecular flexibility index (Phi) is 10.4. The van der Waals surface area contributed by atoms with Crippen molar-refractivity contribution in [2.75, 3.05) is 6.61 Å². The Balaban J connectivity index is 3.66. The van der Waals surface area contributed by atoms with Gasteiger partial charge in [-0.1, -0.05) is 37.0 Å². The van der Waals surface area contributed by atoms with Crippen molar-refractivity contribution in [3.05, 3.63) is 23.3 Å². The standard InChI is InChI=1S/C16H28O2/c1-5-6-7-11-16(17)18-13-12-15(4)10-8-9-14(2)3/h9,12H,5-8,10-11,13H2,1-4H3. The van der Waals surface area contributed by atoms with Gasteiger partial charge < -0.3 is 4.74 Å². The van der Waals surface area contributed by atoms with Crippen LogP contribution in [0.15, 0.2) is 23.3 Å². The van der Waals surface area contributed by atoms with E-state index in [9.17, 15) is 4.79 Å². The lowest BCUT2D eigenvalue weighted by molar-refractivity contribution is -0.142. The van der Waals surface area contributed by atoms with E-state index in [4.69, 9.17) is 4.74 Å². The van der Waals surface area contributed by atoms with Crippen LogP contribution in [0.3, 0.4) is 0 Å². The molecule has 104 valence electrons. The molecule has 0 spiro atoms. The Bertz CT molecular complexity index is 283. The van der Waals surface area contributed by atoms with Crippen molar-refractivity contribution in [3.63, 3.8) is 0 Å². The Morgan fingerprint density at radius 1 is 1.06 bits per heavy atom. The molecule has 0 N–H and O–H groups in total. The highest BCUT2D eigenvalue weighted by atomic mass is 16.5. The minimum atomic E-state index is -0.0724. The van der Waals surface area contributed by atoms with E-state index in [2.05, 4.69) is 33.8 Å². The molecule has 0 heterocycles. The van der Waals surface area contributed by atoms with Crippen LogP contribution >= 0.6 is 0 Å². The summed E-state index contributed by atoms with van der Waals surface area (Å²) in [6, 6.07) is 0. The highest BCUT2D eigenvalue weighted by Crippen LogP contribution is 2.07. The molecule has 0 aromatic heterocycles. The van der Waals surface area contributed by atoms with Crippen LogP contribution in [0.25, 0.3) is 0 Å². The number of rotatable bonds is 9. The Morgan fingerprint density at radius 2 is 1.78 bits per heavy atom. The average Bonchev–Trinajstić information content (AvgIpc) is 2.29. The van der Waals surface area contributed by atoms with Gasteiger partial charge in [-0.2, -0.15) is 0 Å². The van der Waals surface area contributed by atoms with Crippen LogP contribution in [0.2, 0.25) is 0 Å². The molecule has 0 aliphatic heterocycles. The summed E-state index contributed by atoms with van der Waals surface area (Å²) in [7, 11) is 0. The lowest BCUT2D eigenvalue weighted by atomic mass is 10.1. The van der Waals surface area contributed by atoms with Crippen LogP contribution in [0.1, 0.15) is 66.2 Å². The smallest absolute Gasteiger partial charge is 0.306 e. The highest BCUT2D eigenvalue weighted by Gasteiger charge is 2.00. The lowest BCUT2D eigenvalue weighted by Gasteiger charge is -2.03. The van der Waals surface area contributed by atoms with E-state index in [1.807, 2.05) is 6.08 Å². The molecule has 0 saturated heterocycles. The summed E-state index contributed by atoms with van der Waals surface area (Å²) in [5.41, 5.74) is 2.64. The molecule has 0 bridgehead atoms. The highest BCUT2D eigenvalue weighted by molar-refractivity contribution is 5.69. The molecule has 2 nitrogen and oxygen atoms in total. The zero-order chi connectivity index (χ0) is 13.8. The van der Waals surface area contributed by atoms with Crippen molar-refractivity contribution in [3.8, 4) is 0 Å². The molecule has 0 aromatic rings. The molecule has 2 heteroatoms. The summed E-state index contributed by atoms with van der Waals surface area (Å²) in [6.45, 7) is 8.85. The number of esters is 1. The molecular formula is C16H28O2. The van der Waals surface area contributed by atoms with E-state index in [1.165, 1.54) is 11.1 Å². The quantitative estimate of drug-likeness (QED) is 0.334. The zero-order valence-corrected chi connectivity index (χ0v) is 12.4. The van der Waals surface area contributed by atoms with Crippen molar-refractivity contribution in [2.24, 2.45) is 0 Å². The number of allylic oxidation sites excluding steroid dienone is 3. The lowest BCUT2D eigenvalue weighted by Crippen LogP contribution is -2.04. The molecule has 0 unspecified atom stereocenters. The van der Waals surface area contributed by atoms with Crippen LogP contribution in [-0.2, 0) is 9.53 Å². The summed E-state index contributed by atoms with van der Waals surface area (Å²) in [4.78, 5) is 11.3. The first kappa shape index (κ1) is 16.9. The number of carbonyl (C=O) groups excluding carboxylic acids is 1. The van der Waals surface area contributed by atoms with Gasteiger partial charge in [-0.05, 0) is 46.1 Å². The van der Waals surface area contributed by atoms with E-state index in [0.717, 1.165) is 32.1 Å². The monoisotopic (exact) mass is 252 g/mol. The molecule has 0 aliphatic carbocycles. The molecule has 0 aromatic carbocycles. The number of ether oxygens (including phenoxy) is 1. The van der Waals surface area contributed by atoms with Gasteiger partial charge >= 0.3 is 5.97 Å². The summed E-state index contributed by atoms with van der Waals surface area (Å²) in [5.74, 6) is -0.0724. The second-order valence-corrected chi connectivity index (χ2v) is 5.01. The van der Waals surface area contributed by atoms with Crippen LogP contribution in [-0.4, -0.2) is 12.6 Å². The topological polar surface area (TPSA) is 26.3 Å². The van der Waals surface area contributed by atoms with Gasteiger partial charge in [0.25, 0.3) is 0 Å². The maximum atomic E-state index is 11.3. The predicted molar refractivity (Wildman–Crippen MR) is 77.5 cm³/mol. The largest absolute Gasteiger partial charge is 0.461 e. The second-order valence-electron chi connectivity index (χ2n) is 5.01. The van der Waals surface area contributed by atoms with E-state index in [1.54, 1.807) is 0 Å². The van der Waals surface area contributed by atoms with E-state index in [0.29, 0.717) is 13.0 Å². The Hall–Kier alpha value is -1.05. The van der Waals surface area contributed by atoms with Gasteiger partial charge in [0.05, 0.1) is 0 Å². The first-order valence-corrected chi connectivity index (χ1v) is 7.00. The molecule has 0 rings (SSSR count). The van der Waals surface area contributed by atoms with Crippen LogP contribution in [0, 0.1) is 0 Å². The van der Waals surface area contributed by atoms with Crippen molar-refractivity contribution >= 4 is 5.97 Å². The fourth-order valence-electron chi connectivity index (χ4n) is 1.56. The maximum absolute atomic E-state index is 11.3. The summed E-state index contributed by atoms with van der Waals surface area (Å²) in [6.07, 6.45) is 10.1. The molecule has 18 heavy (non-hydrogen) atoms. The van der Waals surface area contributed by atoms with Gasteiger partial charge in [0.2, 0.25) is 0 Å². The van der Waals surface area contributed by atoms with E-state index < -0.39 is 0 Å². The number of hydrogen-bond acceptors (Lipinski definition) is 2. The van der Waals surface area contributed by atoms with Gasteiger partial charge in [0, 0.05) is 6.42 Å². The summed E-state index contributed by atoms with van der Waals surface area (Å²) >= 11 is 0. The number of unbranched alkanes of at least 4 members (excludes halogenated alkanes) is 2. The van der Waals surface area contributed by atoms with E-state index >= 15 is 0 Å². The average molecular weight is 252 g/mol. The van der Waals surface area contributed by atoms with Gasteiger partial charge in [-0.15, -0.1) is 0 Å². The third-order valence-corrected chi connectivity index (χ3v) is 2.75. The Morgan fingerprint density at radius 3 is 2.39 bits per heavy atom. The number of hydrogen-bond donors (Lipinski definition) is 0. The first-order valence-electron chi connectivity index (χ1n) is 7.00. The zero-order valence-electron chi connectivity index (χ0n) is 12.4. The molecule has 0 aliphatic rings. The predicted octanol–water partition coefficient (Wildman–Crippen LogP) is 4.80.